The summed E-state index contributed by atoms with van der Waals surface area (Å²) < 4.78 is 64.0. The molecule has 3 atom stereocenters. The molecule has 1 saturated carbocycles. The van der Waals surface area contributed by atoms with Gasteiger partial charge in [0, 0.05) is 37.8 Å². The van der Waals surface area contributed by atoms with E-state index in [9.17, 15) is 27.9 Å². The molecule has 2 fully saturated rings. The predicted molar refractivity (Wildman–Crippen MR) is 112 cm³/mol. The number of aromatic nitrogens is 1. The second kappa shape index (κ2) is 7.61. The lowest BCUT2D eigenvalue weighted by molar-refractivity contribution is -0.178. The number of carboxylic acids is 1. The van der Waals surface area contributed by atoms with E-state index in [1.54, 1.807) is 6.92 Å². The summed E-state index contributed by atoms with van der Waals surface area (Å²) in [5, 5.41) is 12.4. The van der Waals surface area contributed by atoms with Gasteiger partial charge in [-0.2, -0.15) is 13.2 Å². The second-order valence-corrected chi connectivity index (χ2v) is 9.17. The third-order valence-electron chi connectivity index (χ3n) is 6.80. The Balaban J connectivity index is 1.62. The fraction of sp³-hybridized carbons (Fsp3) is 0.545. The van der Waals surface area contributed by atoms with Gasteiger partial charge in [-0.1, -0.05) is 0 Å². The van der Waals surface area contributed by atoms with Crippen molar-refractivity contribution in [1.82, 2.24) is 9.88 Å². The minimum atomic E-state index is -4.44. The van der Waals surface area contributed by atoms with E-state index in [4.69, 9.17) is 4.74 Å². The number of anilines is 1. The van der Waals surface area contributed by atoms with E-state index < -0.39 is 47.3 Å². The molecule has 3 heterocycles. The zero-order chi connectivity index (χ0) is 23.7. The first-order chi connectivity index (χ1) is 15.6. The second-order valence-electron chi connectivity index (χ2n) is 9.17. The number of pyridine rings is 1. The number of rotatable bonds is 5. The number of halogens is 4. The molecule has 0 bridgehead atoms. The number of carbonyl (C=O) groups is 1. The van der Waals surface area contributed by atoms with E-state index >= 15 is 4.39 Å². The topological polar surface area (TPSA) is 83.8 Å². The Hall–Kier alpha value is -2.82. The van der Waals surface area contributed by atoms with Crippen LogP contribution >= 0.6 is 0 Å². The van der Waals surface area contributed by atoms with Crippen LogP contribution in [0, 0.1) is 17.7 Å². The predicted octanol–water partition coefficient (Wildman–Crippen LogP) is 3.16. The van der Waals surface area contributed by atoms with Crippen molar-refractivity contribution >= 4 is 22.6 Å². The first-order valence-electron chi connectivity index (χ1n) is 10.9. The molecule has 0 amide bonds. The molecule has 0 spiro atoms. The normalized spacial score (nSPS) is 24.9. The van der Waals surface area contributed by atoms with Crippen LogP contribution in [0.5, 0.6) is 5.75 Å². The fourth-order valence-corrected chi connectivity index (χ4v) is 4.90. The SMILES string of the molecule is C[C@H]1COc2c(N3C[C@H](CNC4CC4)[C@@H](C(F)(F)F)C3)c(F)cc3c(=O)c(C(=O)O)cn1c23. The summed E-state index contributed by atoms with van der Waals surface area (Å²) in [7, 11) is 0. The molecule has 178 valence electrons. The number of nitrogens with one attached hydrogen (secondary N) is 1. The number of hydrogen-bond donors (Lipinski definition) is 2. The number of nitrogens with zero attached hydrogens (tertiary/aromatic N) is 2. The van der Waals surface area contributed by atoms with Crippen LogP contribution in [0.15, 0.2) is 17.1 Å². The van der Waals surface area contributed by atoms with Crippen molar-refractivity contribution < 1.29 is 32.2 Å². The molecule has 33 heavy (non-hydrogen) atoms. The highest BCUT2D eigenvalue weighted by molar-refractivity contribution is 5.97. The van der Waals surface area contributed by atoms with Crippen molar-refractivity contribution in [2.75, 3.05) is 31.1 Å². The van der Waals surface area contributed by atoms with Gasteiger partial charge in [0.2, 0.25) is 5.43 Å². The van der Waals surface area contributed by atoms with E-state index in [0.29, 0.717) is 0 Å². The lowest BCUT2D eigenvalue weighted by Gasteiger charge is -2.31. The number of alkyl halides is 3. The van der Waals surface area contributed by atoms with Gasteiger partial charge in [0.15, 0.2) is 11.6 Å². The van der Waals surface area contributed by atoms with Crippen molar-refractivity contribution in [2.45, 2.75) is 38.0 Å². The Labute approximate surface area is 185 Å². The maximum absolute atomic E-state index is 15.3. The highest BCUT2D eigenvalue weighted by Crippen LogP contribution is 2.46. The highest BCUT2D eigenvalue weighted by atomic mass is 19.4. The summed E-state index contributed by atoms with van der Waals surface area (Å²) in [6, 6.07) is 0.808. The lowest BCUT2D eigenvalue weighted by Crippen LogP contribution is -2.36. The Bertz CT molecular complexity index is 1190. The number of benzene rings is 1. The Morgan fingerprint density at radius 3 is 2.67 bits per heavy atom. The lowest BCUT2D eigenvalue weighted by atomic mass is 9.95. The quantitative estimate of drug-likeness (QED) is 0.655. The molecule has 3 aliphatic rings. The van der Waals surface area contributed by atoms with Gasteiger partial charge in [0.25, 0.3) is 0 Å². The van der Waals surface area contributed by atoms with Gasteiger partial charge < -0.3 is 24.6 Å². The molecule has 1 aromatic carbocycles. The molecule has 5 rings (SSSR count). The summed E-state index contributed by atoms with van der Waals surface area (Å²) in [5.74, 6) is -4.75. The van der Waals surface area contributed by atoms with E-state index in [1.165, 1.54) is 15.7 Å². The minimum absolute atomic E-state index is 0.0182. The van der Waals surface area contributed by atoms with Gasteiger partial charge >= 0.3 is 12.1 Å². The van der Waals surface area contributed by atoms with E-state index in [-0.39, 0.29) is 54.1 Å². The van der Waals surface area contributed by atoms with Crippen LogP contribution in [0.25, 0.3) is 10.9 Å². The maximum Gasteiger partial charge on any atom is 0.393 e. The molecule has 1 aliphatic carbocycles. The van der Waals surface area contributed by atoms with Gasteiger partial charge in [-0.05, 0) is 25.8 Å². The van der Waals surface area contributed by atoms with Crippen molar-refractivity contribution in [3.8, 4) is 5.75 Å². The first-order valence-corrected chi connectivity index (χ1v) is 10.9. The van der Waals surface area contributed by atoms with Crippen molar-refractivity contribution in [3.05, 3.63) is 33.9 Å². The Morgan fingerprint density at radius 2 is 2.03 bits per heavy atom. The molecular formula is C22H23F4N3O4. The van der Waals surface area contributed by atoms with Crippen molar-refractivity contribution in [2.24, 2.45) is 11.8 Å². The van der Waals surface area contributed by atoms with Gasteiger partial charge in [-0.25, -0.2) is 9.18 Å². The van der Waals surface area contributed by atoms with Crippen LogP contribution in [-0.2, 0) is 0 Å². The van der Waals surface area contributed by atoms with Gasteiger partial charge in [-0.15, -0.1) is 0 Å². The van der Waals surface area contributed by atoms with Crippen LogP contribution in [0.2, 0.25) is 0 Å². The summed E-state index contributed by atoms with van der Waals surface area (Å²) in [6.07, 6.45) is -1.36. The number of carboxylic acid groups (broad SMARTS) is 1. The molecule has 2 aliphatic heterocycles. The highest BCUT2D eigenvalue weighted by Gasteiger charge is 2.50. The molecule has 2 aromatic rings. The molecule has 7 nitrogen and oxygen atoms in total. The smallest absolute Gasteiger partial charge is 0.393 e. The van der Waals surface area contributed by atoms with Crippen LogP contribution in [0.1, 0.15) is 36.2 Å². The van der Waals surface area contributed by atoms with Crippen LogP contribution in [0.3, 0.4) is 0 Å². The molecule has 2 N–H and O–H groups in total. The largest absolute Gasteiger partial charge is 0.487 e. The average molecular weight is 469 g/mol. The summed E-state index contributed by atoms with van der Waals surface area (Å²) in [6.45, 7) is 1.54. The molecule has 0 unspecified atom stereocenters. The van der Waals surface area contributed by atoms with Crippen LogP contribution in [0.4, 0.5) is 23.2 Å². The number of hydrogen-bond acceptors (Lipinski definition) is 5. The molecule has 1 aromatic heterocycles. The Morgan fingerprint density at radius 1 is 1.30 bits per heavy atom. The molecular weight excluding hydrogens is 446 g/mol. The molecule has 0 radical (unpaired) electrons. The molecule has 11 heteroatoms. The van der Waals surface area contributed by atoms with Gasteiger partial charge in [-0.3, -0.25) is 4.79 Å². The monoisotopic (exact) mass is 469 g/mol. The number of ether oxygens (including phenoxy) is 1. The average Bonchev–Trinajstić information content (AvgIpc) is 3.46. The zero-order valence-corrected chi connectivity index (χ0v) is 17.8. The van der Waals surface area contributed by atoms with Crippen LogP contribution in [-0.4, -0.2) is 54.1 Å². The first kappa shape index (κ1) is 22.0. The van der Waals surface area contributed by atoms with E-state index in [2.05, 4.69) is 5.32 Å². The summed E-state index contributed by atoms with van der Waals surface area (Å²) >= 11 is 0. The third kappa shape index (κ3) is 3.71. The summed E-state index contributed by atoms with van der Waals surface area (Å²) in [4.78, 5) is 25.6. The minimum Gasteiger partial charge on any atom is -0.487 e. The zero-order valence-electron chi connectivity index (χ0n) is 17.8. The standard InChI is InChI=1S/C22H23F4N3O4/c1-10-9-33-20-17-13(19(30)14(21(31)32)7-29(10)17)4-16(23)18(20)28-6-11(5-27-12-2-3-12)15(8-28)22(24,25)26/h4,7,10-12,15,27H,2-3,5-6,8-9H2,1H3,(H,31,32)/t10-,11-,15-/m0/s1. The fourth-order valence-electron chi connectivity index (χ4n) is 4.90. The van der Waals surface area contributed by atoms with E-state index in [0.717, 1.165) is 18.9 Å². The van der Waals surface area contributed by atoms with Crippen LogP contribution < -0.4 is 20.4 Å². The van der Waals surface area contributed by atoms with E-state index in [1.807, 2.05) is 0 Å². The number of aromatic carboxylic acids is 1. The Kier molecular flexibility index (Phi) is 5.07. The van der Waals surface area contributed by atoms with Crippen molar-refractivity contribution in [1.29, 1.82) is 0 Å². The van der Waals surface area contributed by atoms with Gasteiger partial charge in [0.1, 0.15) is 17.9 Å². The maximum atomic E-state index is 15.3. The van der Waals surface area contributed by atoms with Gasteiger partial charge in [0.05, 0.1) is 22.9 Å². The van der Waals surface area contributed by atoms with Crippen molar-refractivity contribution in [3.63, 3.8) is 0 Å². The summed E-state index contributed by atoms with van der Waals surface area (Å²) in [5.41, 5.74) is -1.28. The third-order valence-corrected chi connectivity index (χ3v) is 6.80. The molecule has 1 saturated heterocycles.